The zero-order valence-corrected chi connectivity index (χ0v) is 14.7. The molecule has 1 unspecified atom stereocenters. The molecule has 0 aromatic rings. The van der Waals surface area contributed by atoms with Crippen LogP contribution < -0.4 is 0 Å². The van der Waals surface area contributed by atoms with Gasteiger partial charge in [0.1, 0.15) is 0 Å². The van der Waals surface area contributed by atoms with Crippen LogP contribution in [-0.4, -0.2) is 48.1 Å². The summed E-state index contributed by atoms with van der Waals surface area (Å²) >= 11 is 0. The molecule has 2 aliphatic rings. The van der Waals surface area contributed by atoms with Crippen LogP contribution in [0.5, 0.6) is 0 Å². The minimum Gasteiger partial charge on any atom is -0.303 e. The van der Waals surface area contributed by atoms with E-state index in [0.717, 1.165) is 11.8 Å². The maximum absolute atomic E-state index is 2.74. The van der Waals surface area contributed by atoms with E-state index in [1.807, 2.05) is 0 Å². The van der Waals surface area contributed by atoms with Crippen molar-refractivity contribution in [2.75, 3.05) is 32.7 Å². The second-order valence-corrected chi connectivity index (χ2v) is 9.21. The highest BCUT2D eigenvalue weighted by atomic mass is 15.2. The summed E-state index contributed by atoms with van der Waals surface area (Å²) in [5.74, 6) is 1.83. The van der Waals surface area contributed by atoms with Crippen molar-refractivity contribution in [3.05, 3.63) is 0 Å². The molecule has 1 atom stereocenters. The fourth-order valence-electron chi connectivity index (χ4n) is 3.94. The molecule has 2 saturated heterocycles. The van der Waals surface area contributed by atoms with E-state index in [9.17, 15) is 0 Å². The summed E-state index contributed by atoms with van der Waals surface area (Å²) < 4.78 is 0. The molecule has 0 N–H and O–H groups in total. The van der Waals surface area contributed by atoms with Gasteiger partial charge in [-0.25, -0.2) is 0 Å². The van der Waals surface area contributed by atoms with E-state index in [4.69, 9.17) is 0 Å². The van der Waals surface area contributed by atoms with Crippen LogP contribution in [0, 0.1) is 17.3 Å². The molecule has 2 fully saturated rings. The van der Waals surface area contributed by atoms with Crippen molar-refractivity contribution >= 4 is 0 Å². The van der Waals surface area contributed by atoms with Crippen LogP contribution in [0.4, 0.5) is 0 Å². The first-order valence-corrected chi connectivity index (χ1v) is 8.63. The third kappa shape index (κ3) is 4.21. The Morgan fingerprint density at radius 3 is 1.90 bits per heavy atom. The highest BCUT2D eigenvalue weighted by Gasteiger charge is 2.33. The molecule has 2 heteroatoms. The third-order valence-corrected chi connectivity index (χ3v) is 5.56. The summed E-state index contributed by atoms with van der Waals surface area (Å²) in [6.45, 7) is 20.9. The Morgan fingerprint density at radius 1 is 0.850 bits per heavy atom. The smallest absolute Gasteiger partial charge is 0.0125 e. The van der Waals surface area contributed by atoms with Crippen LogP contribution in [0.2, 0.25) is 0 Å². The maximum Gasteiger partial charge on any atom is 0.0125 e. The first kappa shape index (κ1) is 16.3. The molecule has 0 amide bonds. The van der Waals surface area contributed by atoms with E-state index in [1.165, 1.54) is 52.0 Å². The quantitative estimate of drug-likeness (QED) is 0.758. The first-order chi connectivity index (χ1) is 9.16. The zero-order valence-electron chi connectivity index (χ0n) is 14.7. The van der Waals surface area contributed by atoms with E-state index in [1.54, 1.807) is 0 Å². The Labute approximate surface area is 126 Å². The molecule has 20 heavy (non-hydrogen) atoms. The van der Waals surface area contributed by atoms with Gasteiger partial charge in [-0.15, -0.1) is 0 Å². The largest absolute Gasteiger partial charge is 0.303 e. The fourth-order valence-corrected chi connectivity index (χ4v) is 3.94. The van der Waals surface area contributed by atoms with Crippen LogP contribution in [0.25, 0.3) is 0 Å². The maximum atomic E-state index is 2.74. The van der Waals surface area contributed by atoms with Gasteiger partial charge in [-0.05, 0) is 76.9 Å². The molecule has 2 rings (SSSR count). The Hall–Kier alpha value is -0.0800. The van der Waals surface area contributed by atoms with Gasteiger partial charge < -0.3 is 4.90 Å². The van der Waals surface area contributed by atoms with Crippen LogP contribution in [-0.2, 0) is 0 Å². The summed E-state index contributed by atoms with van der Waals surface area (Å²) in [6, 6.07) is 0. The predicted molar refractivity (Wildman–Crippen MR) is 88.1 cm³/mol. The summed E-state index contributed by atoms with van der Waals surface area (Å²) in [5.41, 5.74) is 0.858. The molecule has 2 heterocycles. The molecule has 0 aliphatic carbocycles. The fraction of sp³-hybridized carbons (Fsp3) is 1.00. The summed E-state index contributed by atoms with van der Waals surface area (Å²) in [4.78, 5) is 5.40. The van der Waals surface area contributed by atoms with Crippen molar-refractivity contribution in [3.63, 3.8) is 0 Å². The van der Waals surface area contributed by atoms with Crippen LogP contribution >= 0.6 is 0 Å². The third-order valence-electron chi connectivity index (χ3n) is 5.56. The monoisotopic (exact) mass is 280 g/mol. The van der Waals surface area contributed by atoms with Crippen LogP contribution in [0.3, 0.4) is 0 Å². The molecule has 0 aromatic carbocycles. The lowest BCUT2D eigenvalue weighted by molar-refractivity contribution is 0.0979. The van der Waals surface area contributed by atoms with Gasteiger partial charge in [0.25, 0.3) is 0 Å². The highest BCUT2D eigenvalue weighted by Crippen LogP contribution is 2.35. The second-order valence-electron chi connectivity index (χ2n) is 9.21. The minimum absolute atomic E-state index is 0.355. The Balaban J connectivity index is 1.74. The zero-order chi connectivity index (χ0) is 15.0. The lowest BCUT2D eigenvalue weighted by Crippen LogP contribution is -2.42. The summed E-state index contributed by atoms with van der Waals surface area (Å²) in [5, 5.41) is 0. The molecule has 0 radical (unpaired) electrons. The molecule has 0 aromatic heterocycles. The van der Waals surface area contributed by atoms with Crippen molar-refractivity contribution in [1.29, 1.82) is 0 Å². The Morgan fingerprint density at radius 2 is 1.45 bits per heavy atom. The lowest BCUT2D eigenvalue weighted by atomic mass is 9.75. The number of hydrogen-bond donors (Lipinski definition) is 0. The van der Waals surface area contributed by atoms with E-state index in [0.29, 0.717) is 11.0 Å². The van der Waals surface area contributed by atoms with Gasteiger partial charge in [0.05, 0.1) is 0 Å². The van der Waals surface area contributed by atoms with E-state index < -0.39 is 0 Å². The summed E-state index contributed by atoms with van der Waals surface area (Å²) in [7, 11) is 0. The molecule has 2 nitrogen and oxygen atoms in total. The van der Waals surface area contributed by atoms with Gasteiger partial charge in [0.2, 0.25) is 0 Å². The number of likely N-dealkylation sites (tertiary alicyclic amines) is 2. The van der Waals surface area contributed by atoms with Gasteiger partial charge in [0.15, 0.2) is 0 Å². The molecule has 0 bridgehead atoms. The van der Waals surface area contributed by atoms with Crippen molar-refractivity contribution in [1.82, 2.24) is 9.80 Å². The van der Waals surface area contributed by atoms with E-state index >= 15 is 0 Å². The average molecular weight is 281 g/mol. The van der Waals surface area contributed by atoms with Crippen LogP contribution in [0.1, 0.15) is 60.8 Å². The SMILES string of the molecule is CC(C)(C)C1CCN(CC2CCN(C(C)(C)C)C2)CC1. The molecule has 0 saturated carbocycles. The second kappa shape index (κ2) is 5.96. The van der Waals surface area contributed by atoms with Crippen LogP contribution in [0.15, 0.2) is 0 Å². The van der Waals surface area contributed by atoms with Crippen molar-refractivity contribution in [2.24, 2.45) is 17.3 Å². The number of nitrogens with zero attached hydrogens (tertiary/aromatic N) is 2. The standard InChI is InChI=1S/C18H36N2/c1-17(2,3)16-8-10-19(11-9-16)13-15-7-12-20(14-15)18(4,5)6/h15-16H,7-14H2,1-6H3. The van der Waals surface area contributed by atoms with E-state index in [2.05, 4.69) is 51.3 Å². The Kier molecular flexibility index (Phi) is 4.86. The van der Waals surface area contributed by atoms with Gasteiger partial charge in [0, 0.05) is 18.6 Å². The normalized spacial score (nSPS) is 28.2. The molecule has 2 aliphatic heterocycles. The highest BCUT2D eigenvalue weighted by molar-refractivity contribution is 4.87. The number of piperidine rings is 1. The molecular formula is C18H36N2. The van der Waals surface area contributed by atoms with Gasteiger partial charge in [-0.3, -0.25) is 4.90 Å². The van der Waals surface area contributed by atoms with Crippen molar-refractivity contribution in [3.8, 4) is 0 Å². The molecular weight excluding hydrogens is 244 g/mol. The van der Waals surface area contributed by atoms with Crippen molar-refractivity contribution < 1.29 is 0 Å². The van der Waals surface area contributed by atoms with Gasteiger partial charge >= 0.3 is 0 Å². The van der Waals surface area contributed by atoms with Gasteiger partial charge in [-0.2, -0.15) is 0 Å². The number of rotatable bonds is 2. The molecule has 0 spiro atoms. The minimum atomic E-state index is 0.355. The topological polar surface area (TPSA) is 6.48 Å². The Bertz CT molecular complexity index is 302. The van der Waals surface area contributed by atoms with Gasteiger partial charge in [-0.1, -0.05) is 20.8 Å². The van der Waals surface area contributed by atoms with Crippen molar-refractivity contribution in [2.45, 2.75) is 66.3 Å². The first-order valence-electron chi connectivity index (χ1n) is 8.63. The van der Waals surface area contributed by atoms with E-state index in [-0.39, 0.29) is 0 Å². The lowest BCUT2D eigenvalue weighted by Gasteiger charge is -2.39. The molecule has 118 valence electrons. The average Bonchev–Trinajstić information content (AvgIpc) is 2.77. The summed E-state index contributed by atoms with van der Waals surface area (Å²) in [6.07, 6.45) is 4.20. The predicted octanol–water partition coefficient (Wildman–Crippen LogP) is 3.86. The number of hydrogen-bond acceptors (Lipinski definition) is 2.